The van der Waals surface area contributed by atoms with Gasteiger partial charge in [-0.1, -0.05) is 0 Å². The fourth-order valence-corrected chi connectivity index (χ4v) is 1.53. The third-order valence-corrected chi connectivity index (χ3v) is 2.23. The molecule has 6 heteroatoms. The van der Waals surface area contributed by atoms with Crippen LogP contribution in [-0.2, 0) is 0 Å². The van der Waals surface area contributed by atoms with Crippen LogP contribution in [0, 0.1) is 0 Å². The summed E-state index contributed by atoms with van der Waals surface area (Å²) in [5, 5.41) is 0. The highest BCUT2D eigenvalue weighted by Gasteiger charge is 2.03. The molecule has 0 N–H and O–H groups in total. The lowest BCUT2D eigenvalue weighted by Crippen LogP contribution is -1.85. The highest BCUT2D eigenvalue weighted by molar-refractivity contribution is 9.10. The van der Waals surface area contributed by atoms with Gasteiger partial charge in [-0.2, -0.15) is 0 Å². The number of halogens is 2. The number of rotatable bonds is 1. The van der Waals surface area contributed by atoms with Gasteiger partial charge in [0.1, 0.15) is 10.1 Å². The predicted molar refractivity (Wildman–Crippen MR) is 49.3 cm³/mol. The summed E-state index contributed by atoms with van der Waals surface area (Å²) in [6.45, 7) is 0. The summed E-state index contributed by atoms with van der Waals surface area (Å²) in [5.41, 5.74) is 1.21. The molecule has 0 bridgehead atoms. The molecule has 62 valence electrons. The summed E-state index contributed by atoms with van der Waals surface area (Å²) in [6, 6.07) is 1.71. The Morgan fingerprint density at radius 1 is 1.58 bits per heavy atom. The van der Waals surface area contributed by atoms with Crippen molar-refractivity contribution in [2.75, 3.05) is 0 Å². The van der Waals surface area contributed by atoms with Gasteiger partial charge in [0.05, 0.1) is 6.20 Å². The fourth-order valence-electron chi connectivity index (χ4n) is 0.921. The van der Waals surface area contributed by atoms with E-state index < -0.39 is 0 Å². The fraction of sp³-hybridized carbons (Fsp3) is 0. The van der Waals surface area contributed by atoms with Crippen molar-refractivity contribution in [1.82, 2.24) is 13.9 Å². The van der Waals surface area contributed by atoms with E-state index in [0.717, 1.165) is 0 Å². The first-order valence-corrected chi connectivity index (χ1v) is 4.56. The molecule has 0 amide bonds. The Balaban J connectivity index is 2.73. The van der Waals surface area contributed by atoms with Crippen LogP contribution in [-0.4, -0.2) is 13.9 Å². The van der Waals surface area contributed by atoms with Gasteiger partial charge in [0.15, 0.2) is 18.0 Å². The topological polar surface area (TPSA) is 30.7 Å². The van der Waals surface area contributed by atoms with Crippen LogP contribution in [0.2, 0.25) is 0 Å². The molecule has 0 spiro atoms. The summed E-state index contributed by atoms with van der Waals surface area (Å²) >= 11 is 3.29. The van der Waals surface area contributed by atoms with Crippen LogP contribution in [0.25, 0.3) is 11.2 Å². The maximum atomic E-state index is 12.2. The van der Waals surface area contributed by atoms with Crippen molar-refractivity contribution in [1.29, 1.82) is 0 Å². The lowest BCUT2D eigenvalue weighted by molar-refractivity contribution is 0.919. The summed E-state index contributed by atoms with van der Waals surface area (Å²) < 4.78 is 14.2. The standard InChI is InChI=1S/C6H3BrFN3S/c7-5-3-9-6-4(10-5)1-2-11(6)12-8/h1-3H. The molecule has 0 atom stereocenters. The van der Waals surface area contributed by atoms with Crippen molar-refractivity contribution in [3.63, 3.8) is 0 Å². The molecular weight excluding hydrogens is 245 g/mol. The van der Waals surface area contributed by atoms with Crippen LogP contribution < -0.4 is 0 Å². The number of aromatic nitrogens is 3. The minimum absolute atomic E-state index is 0.110. The maximum absolute atomic E-state index is 12.2. The van der Waals surface area contributed by atoms with Crippen molar-refractivity contribution in [2.45, 2.75) is 0 Å². The first-order valence-electron chi connectivity index (χ1n) is 3.10. The first kappa shape index (κ1) is 8.00. The Morgan fingerprint density at radius 3 is 3.17 bits per heavy atom. The van der Waals surface area contributed by atoms with Crippen LogP contribution >= 0.6 is 28.3 Å². The molecule has 0 saturated heterocycles. The van der Waals surface area contributed by atoms with E-state index in [2.05, 4.69) is 25.9 Å². The molecule has 0 unspecified atom stereocenters. The van der Waals surface area contributed by atoms with E-state index in [9.17, 15) is 3.89 Å². The lowest BCUT2D eigenvalue weighted by atomic mass is 10.5. The molecule has 2 aromatic rings. The van der Waals surface area contributed by atoms with E-state index in [-0.39, 0.29) is 12.3 Å². The van der Waals surface area contributed by atoms with Crippen molar-refractivity contribution < 1.29 is 3.89 Å². The molecule has 0 fully saturated rings. The SMILES string of the molecule is FSn1ccc2nc(Br)cnc21. The van der Waals surface area contributed by atoms with Crippen LogP contribution in [0.5, 0.6) is 0 Å². The van der Waals surface area contributed by atoms with E-state index in [1.807, 2.05) is 0 Å². The summed E-state index contributed by atoms with van der Waals surface area (Å²) in [5.74, 6) is 0. The number of hydrogen-bond donors (Lipinski definition) is 0. The maximum Gasteiger partial charge on any atom is 0.171 e. The Labute approximate surface area is 80.6 Å². The number of nitrogens with zero attached hydrogens (tertiary/aromatic N) is 3. The second kappa shape index (κ2) is 3.02. The van der Waals surface area contributed by atoms with Gasteiger partial charge >= 0.3 is 0 Å². The van der Waals surface area contributed by atoms with Gasteiger partial charge in [0.2, 0.25) is 0 Å². The molecule has 12 heavy (non-hydrogen) atoms. The third-order valence-electron chi connectivity index (χ3n) is 1.40. The van der Waals surface area contributed by atoms with Gasteiger partial charge < -0.3 is 0 Å². The minimum atomic E-state index is 0.110. The van der Waals surface area contributed by atoms with E-state index >= 15 is 0 Å². The van der Waals surface area contributed by atoms with Gasteiger partial charge in [-0.3, -0.25) is 0 Å². The molecule has 0 saturated carbocycles. The molecule has 0 aliphatic rings. The largest absolute Gasteiger partial charge is 0.246 e. The zero-order valence-corrected chi connectivity index (χ0v) is 8.14. The molecule has 2 aromatic heterocycles. The predicted octanol–water partition coefficient (Wildman–Crippen LogP) is 2.57. The van der Waals surface area contributed by atoms with Gasteiger partial charge in [-0.25, -0.2) is 13.9 Å². The minimum Gasteiger partial charge on any atom is -0.246 e. The highest BCUT2D eigenvalue weighted by Crippen LogP contribution is 2.19. The monoisotopic (exact) mass is 247 g/mol. The number of hydrogen-bond acceptors (Lipinski definition) is 3. The summed E-state index contributed by atoms with van der Waals surface area (Å²) in [6.07, 6.45) is 3.12. The Morgan fingerprint density at radius 2 is 2.42 bits per heavy atom. The molecular formula is C6H3BrFN3S. The van der Waals surface area contributed by atoms with Crippen LogP contribution in [0.4, 0.5) is 3.89 Å². The molecule has 2 heterocycles. The molecule has 0 aliphatic heterocycles. The second-order valence-corrected chi connectivity index (χ2v) is 3.46. The summed E-state index contributed by atoms with van der Waals surface area (Å²) in [7, 11) is 0. The van der Waals surface area contributed by atoms with Crippen LogP contribution in [0.15, 0.2) is 23.1 Å². The Bertz CT molecular complexity index is 416. The average Bonchev–Trinajstić information content (AvgIpc) is 2.46. The van der Waals surface area contributed by atoms with Crippen molar-refractivity contribution in [3.8, 4) is 0 Å². The summed E-state index contributed by atoms with van der Waals surface area (Å²) in [4.78, 5) is 8.10. The van der Waals surface area contributed by atoms with Crippen LogP contribution in [0.3, 0.4) is 0 Å². The van der Waals surface area contributed by atoms with Gasteiger partial charge in [-0.05, 0) is 22.0 Å². The van der Waals surface area contributed by atoms with E-state index in [1.165, 1.54) is 10.2 Å². The molecule has 3 nitrogen and oxygen atoms in total. The molecule has 2 rings (SSSR count). The second-order valence-electron chi connectivity index (χ2n) is 2.11. The molecule has 0 radical (unpaired) electrons. The van der Waals surface area contributed by atoms with Gasteiger partial charge in [-0.15, -0.1) is 3.89 Å². The van der Waals surface area contributed by atoms with E-state index in [4.69, 9.17) is 0 Å². The van der Waals surface area contributed by atoms with Crippen molar-refractivity contribution in [3.05, 3.63) is 23.1 Å². The zero-order valence-electron chi connectivity index (χ0n) is 5.74. The molecule has 0 aromatic carbocycles. The smallest absolute Gasteiger partial charge is 0.171 e. The van der Waals surface area contributed by atoms with Crippen LogP contribution in [0.1, 0.15) is 0 Å². The van der Waals surface area contributed by atoms with Gasteiger partial charge in [0.25, 0.3) is 0 Å². The van der Waals surface area contributed by atoms with Crippen molar-refractivity contribution >= 4 is 39.4 Å². The van der Waals surface area contributed by atoms with E-state index in [0.29, 0.717) is 15.8 Å². The quantitative estimate of drug-likeness (QED) is 0.777. The average molecular weight is 248 g/mol. The Kier molecular flexibility index (Phi) is 2.02. The zero-order chi connectivity index (χ0) is 8.55. The Hall–Kier alpha value is -0.620. The highest BCUT2D eigenvalue weighted by atomic mass is 79.9. The van der Waals surface area contributed by atoms with Crippen molar-refractivity contribution in [2.24, 2.45) is 0 Å². The molecule has 0 aliphatic carbocycles. The lowest BCUT2D eigenvalue weighted by Gasteiger charge is -1.93. The van der Waals surface area contributed by atoms with E-state index in [1.54, 1.807) is 12.3 Å². The van der Waals surface area contributed by atoms with Gasteiger partial charge in [0, 0.05) is 6.20 Å². The third kappa shape index (κ3) is 1.21. The first-order chi connectivity index (χ1) is 5.81. The normalized spacial score (nSPS) is 10.8. The number of fused-ring (bicyclic) bond motifs is 1.